The van der Waals surface area contributed by atoms with Crippen LogP contribution < -0.4 is 0 Å². The molecule has 0 radical (unpaired) electrons. The van der Waals surface area contributed by atoms with E-state index in [1.165, 1.54) is 6.42 Å². The average molecular weight is 270 g/mol. The predicted octanol–water partition coefficient (Wildman–Crippen LogP) is 2.96. The van der Waals surface area contributed by atoms with Crippen LogP contribution in [0.2, 0.25) is 0 Å². The number of nitrogens with zero attached hydrogens (tertiary/aromatic N) is 1. The Kier molecular flexibility index (Phi) is 3.76. The van der Waals surface area contributed by atoms with Crippen molar-refractivity contribution in [3.05, 3.63) is 30.1 Å². The Hall–Kier alpha value is -0.410. The standard InChI is InChI=1S/C12H16BrNO/c1-9-5-6-12(15-9)11(13)8-10-4-2-3-7-14-10/h2-4,7,9,11-12H,5-6,8H2,1H3. The van der Waals surface area contributed by atoms with Crippen LogP contribution in [0.15, 0.2) is 24.4 Å². The van der Waals surface area contributed by atoms with Crippen molar-refractivity contribution in [3.8, 4) is 0 Å². The van der Waals surface area contributed by atoms with Gasteiger partial charge in [0.25, 0.3) is 0 Å². The molecule has 0 amide bonds. The van der Waals surface area contributed by atoms with E-state index >= 15 is 0 Å². The summed E-state index contributed by atoms with van der Waals surface area (Å²) in [4.78, 5) is 4.71. The van der Waals surface area contributed by atoms with Crippen LogP contribution >= 0.6 is 15.9 Å². The number of rotatable bonds is 3. The molecule has 0 aliphatic carbocycles. The van der Waals surface area contributed by atoms with Crippen molar-refractivity contribution in [1.82, 2.24) is 4.98 Å². The van der Waals surface area contributed by atoms with Gasteiger partial charge in [0.2, 0.25) is 0 Å². The van der Waals surface area contributed by atoms with E-state index in [9.17, 15) is 0 Å². The Morgan fingerprint density at radius 3 is 3.00 bits per heavy atom. The SMILES string of the molecule is CC1CCC(C(Br)Cc2ccccn2)O1. The second kappa shape index (κ2) is 5.08. The highest BCUT2D eigenvalue weighted by Crippen LogP contribution is 2.27. The van der Waals surface area contributed by atoms with E-state index < -0.39 is 0 Å². The van der Waals surface area contributed by atoms with Crippen LogP contribution in [0, 0.1) is 0 Å². The van der Waals surface area contributed by atoms with Crippen LogP contribution in [0.3, 0.4) is 0 Å². The van der Waals surface area contributed by atoms with Gasteiger partial charge in [0.05, 0.1) is 12.2 Å². The molecule has 82 valence electrons. The van der Waals surface area contributed by atoms with Crippen LogP contribution in [0.25, 0.3) is 0 Å². The first-order chi connectivity index (χ1) is 7.25. The third-order valence-corrected chi connectivity index (χ3v) is 3.71. The van der Waals surface area contributed by atoms with Crippen molar-refractivity contribution in [1.29, 1.82) is 0 Å². The normalized spacial score (nSPS) is 27.9. The molecule has 2 rings (SSSR count). The van der Waals surface area contributed by atoms with E-state index in [0.717, 1.165) is 18.5 Å². The maximum Gasteiger partial charge on any atom is 0.0708 e. The lowest BCUT2D eigenvalue weighted by molar-refractivity contribution is 0.0557. The molecule has 1 aromatic rings. The summed E-state index contributed by atoms with van der Waals surface area (Å²) in [6.07, 6.45) is 5.88. The molecule has 1 saturated heterocycles. The molecule has 1 aliphatic heterocycles. The molecule has 3 heteroatoms. The van der Waals surface area contributed by atoms with E-state index in [-0.39, 0.29) is 0 Å². The van der Waals surface area contributed by atoms with Gasteiger partial charge >= 0.3 is 0 Å². The first-order valence-electron chi connectivity index (χ1n) is 5.45. The quantitative estimate of drug-likeness (QED) is 0.788. The van der Waals surface area contributed by atoms with Crippen molar-refractivity contribution in [3.63, 3.8) is 0 Å². The van der Waals surface area contributed by atoms with Gasteiger partial charge in [-0.25, -0.2) is 0 Å². The van der Waals surface area contributed by atoms with Gasteiger partial charge < -0.3 is 4.74 Å². The lowest BCUT2D eigenvalue weighted by Crippen LogP contribution is -2.23. The van der Waals surface area contributed by atoms with Crippen molar-refractivity contribution < 1.29 is 4.74 Å². The van der Waals surface area contributed by atoms with E-state index in [1.54, 1.807) is 0 Å². The minimum atomic E-state index is 0.349. The summed E-state index contributed by atoms with van der Waals surface area (Å²) in [7, 11) is 0. The number of hydrogen-bond donors (Lipinski definition) is 0. The highest BCUT2D eigenvalue weighted by molar-refractivity contribution is 9.09. The minimum absolute atomic E-state index is 0.349. The summed E-state index contributed by atoms with van der Waals surface area (Å²) in [5.74, 6) is 0. The summed E-state index contributed by atoms with van der Waals surface area (Å²) in [6, 6.07) is 6.04. The number of aromatic nitrogens is 1. The molecule has 0 spiro atoms. The fourth-order valence-electron chi connectivity index (χ4n) is 1.95. The van der Waals surface area contributed by atoms with Gasteiger partial charge in [0.15, 0.2) is 0 Å². The Morgan fingerprint density at radius 1 is 1.53 bits per heavy atom. The zero-order valence-electron chi connectivity index (χ0n) is 8.90. The second-order valence-electron chi connectivity index (χ2n) is 4.10. The Balaban J connectivity index is 1.90. The summed E-state index contributed by atoms with van der Waals surface area (Å²) in [5, 5.41) is 0. The first-order valence-corrected chi connectivity index (χ1v) is 6.36. The Morgan fingerprint density at radius 2 is 2.40 bits per heavy atom. The van der Waals surface area contributed by atoms with E-state index in [1.807, 2.05) is 18.3 Å². The van der Waals surface area contributed by atoms with Crippen molar-refractivity contribution >= 4 is 15.9 Å². The lowest BCUT2D eigenvalue weighted by atomic mass is 10.1. The van der Waals surface area contributed by atoms with Gasteiger partial charge in [0.1, 0.15) is 0 Å². The molecular formula is C12H16BrNO. The number of halogens is 1. The van der Waals surface area contributed by atoms with Gasteiger partial charge in [0, 0.05) is 23.1 Å². The number of pyridine rings is 1. The molecule has 1 aliphatic rings. The second-order valence-corrected chi connectivity index (χ2v) is 5.28. The van der Waals surface area contributed by atoms with Crippen LogP contribution in [0.1, 0.15) is 25.5 Å². The highest BCUT2D eigenvalue weighted by Gasteiger charge is 2.28. The fourth-order valence-corrected chi connectivity index (χ4v) is 2.67. The van der Waals surface area contributed by atoms with E-state index in [0.29, 0.717) is 17.0 Å². The minimum Gasteiger partial charge on any atom is -0.374 e. The molecule has 0 N–H and O–H groups in total. The molecular weight excluding hydrogens is 254 g/mol. The summed E-state index contributed by atoms with van der Waals surface area (Å²) < 4.78 is 5.82. The van der Waals surface area contributed by atoms with Crippen LogP contribution in [0.5, 0.6) is 0 Å². The number of hydrogen-bond acceptors (Lipinski definition) is 2. The largest absolute Gasteiger partial charge is 0.374 e. The van der Waals surface area contributed by atoms with Gasteiger partial charge in [-0.05, 0) is 31.9 Å². The summed E-state index contributed by atoms with van der Waals surface area (Å²) >= 11 is 3.70. The smallest absolute Gasteiger partial charge is 0.0708 e. The summed E-state index contributed by atoms with van der Waals surface area (Å²) in [6.45, 7) is 2.14. The molecule has 3 atom stereocenters. The maximum absolute atomic E-state index is 5.82. The highest BCUT2D eigenvalue weighted by atomic mass is 79.9. The summed E-state index contributed by atoms with van der Waals surface area (Å²) in [5.41, 5.74) is 1.13. The predicted molar refractivity (Wildman–Crippen MR) is 64.2 cm³/mol. The zero-order valence-corrected chi connectivity index (χ0v) is 10.5. The van der Waals surface area contributed by atoms with Crippen LogP contribution in [-0.4, -0.2) is 22.0 Å². The third-order valence-electron chi connectivity index (χ3n) is 2.80. The Bertz CT molecular complexity index is 304. The molecule has 0 bridgehead atoms. The van der Waals surface area contributed by atoms with Gasteiger partial charge in [-0.15, -0.1) is 0 Å². The first kappa shape index (κ1) is 11.1. The monoisotopic (exact) mass is 269 g/mol. The van der Waals surface area contributed by atoms with Crippen LogP contribution in [-0.2, 0) is 11.2 Å². The molecule has 15 heavy (non-hydrogen) atoms. The van der Waals surface area contributed by atoms with Gasteiger partial charge in [-0.1, -0.05) is 22.0 Å². The molecule has 0 aromatic carbocycles. The van der Waals surface area contributed by atoms with E-state index in [2.05, 4.69) is 33.9 Å². The molecule has 0 saturated carbocycles. The van der Waals surface area contributed by atoms with Crippen molar-refractivity contribution in [2.45, 2.75) is 43.2 Å². The average Bonchev–Trinajstić information content (AvgIpc) is 2.66. The topological polar surface area (TPSA) is 22.1 Å². The van der Waals surface area contributed by atoms with Gasteiger partial charge in [-0.3, -0.25) is 4.98 Å². The number of ether oxygens (including phenoxy) is 1. The molecule has 1 aromatic heterocycles. The number of alkyl halides is 1. The van der Waals surface area contributed by atoms with Crippen molar-refractivity contribution in [2.24, 2.45) is 0 Å². The zero-order chi connectivity index (χ0) is 10.7. The molecule has 3 unspecified atom stereocenters. The molecule has 2 nitrogen and oxygen atoms in total. The lowest BCUT2D eigenvalue weighted by Gasteiger charge is -2.17. The third kappa shape index (κ3) is 3.02. The molecule has 1 fully saturated rings. The van der Waals surface area contributed by atoms with Crippen LogP contribution in [0.4, 0.5) is 0 Å². The van der Waals surface area contributed by atoms with E-state index in [4.69, 9.17) is 4.74 Å². The fraction of sp³-hybridized carbons (Fsp3) is 0.583. The van der Waals surface area contributed by atoms with Crippen molar-refractivity contribution in [2.75, 3.05) is 0 Å². The Labute approximate surface area is 99.2 Å². The maximum atomic E-state index is 5.82. The van der Waals surface area contributed by atoms with Gasteiger partial charge in [-0.2, -0.15) is 0 Å². The molecule has 2 heterocycles.